The minimum atomic E-state index is -0.610. The Labute approximate surface area is 103 Å². The van der Waals surface area contributed by atoms with Crippen molar-refractivity contribution in [2.45, 2.75) is 38.3 Å². The molecule has 0 spiro atoms. The molecule has 4 nitrogen and oxygen atoms in total. The zero-order chi connectivity index (χ0) is 12.0. The minimum absolute atomic E-state index is 0.148. The van der Waals surface area contributed by atoms with E-state index in [-0.39, 0.29) is 5.92 Å². The second-order valence-corrected chi connectivity index (χ2v) is 5.98. The summed E-state index contributed by atoms with van der Waals surface area (Å²) in [6, 6.07) is 1.35. The number of hydrogen-bond acceptors (Lipinski definition) is 3. The van der Waals surface area contributed by atoms with Gasteiger partial charge in [-0.25, -0.2) is 0 Å². The maximum absolute atomic E-state index is 11.2. The third-order valence-electron chi connectivity index (χ3n) is 5.00. The van der Waals surface area contributed by atoms with Crippen LogP contribution < -0.4 is 0 Å². The summed E-state index contributed by atoms with van der Waals surface area (Å²) in [5, 5.41) is 9.19. The molecule has 96 valence electrons. The van der Waals surface area contributed by atoms with Gasteiger partial charge in [0, 0.05) is 31.7 Å². The summed E-state index contributed by atoms with van der Waals surface area (Å²) in [5.41, 5.74) is 0. The molecule has 0 amide bonds. The van der Waals surface area contributed by atoms with Crippen LogP contribution in [0.4, 0.5) is 0 Å². The number of aliphatic carboxylic acids is 1. The van der Waals surface area contributed by atoms with E-state index in [1.807, 2.05) is 0 Å². The van der Waals surface area contributed by atoms with Crippen LogP contribution in [0.3, 0.4) is 0 Å². The number of likely N-dealkylation sites (tertiary alicyclic amines) is 1. The van der Waals surface area contributed by atoms with E-state index in [2.05, 4.69) is 16.7 Å². The predicted octanol–water partition coefficient (Wildman–Crippen LogP) is 0.876. The highest BCUT2D eigenvalue weighted by molar-refractivity contribution is 5.71. The monoisotopic (exact) mass is 238 g/mol. The Morgan fingerprint density at radius 3 is 2.59 bits per heavy atom. The summed E-state index contributed by atoms with van der Waals surface area (Å²) < 4.78 is 0. The Balaban J connectivity index is 1.68. The first kappa shape index (κ1) is 11.5. The van der Waals surface area contributed by atoms with Crippen molar-refractivity contribution in [3.05, 3.63) is 0 Å². The zero-order valence-corrected chi connectivity index (χ0v) is 10.5. The fourth-order valence-electron chi connectivity index (χ4n) is 4.08. The molecule has 0 saturated carbocycles. The molecule has 0 aliphatic carbocycles. The molecule has 0 aromatic heterocycles. The van der Waals surface area contributed by atoms with E-state index in [1.54, 1.807) is 0 Å². The second kappa shape index (κ2) is 4.25. The molecule has 3 heterocycles. The van der Waals surface area contributed by atoms with Gasteiger partial charge in [0.25, 0.3) is 0 Å². The van der Waals surface area contributed by atoms with E-state index in [0.717, 1.165) is 19.1 Å². The molecule has 3 aliphatic rings. The van der Waals surface area contributed by atoms with Crippen molar-refractivity contribution in [2.75, 3.05) is 26.2 Å². The van der Waals surface area contributed by atoms with E-state index in [1.165, 1.54) is 32.4 Å². The molecule has 4 unspecified atom stereocenters. The average Bonchev–Trinajstić information content (AvgIpc) is 2.89. The van der Waals surface area contributed by atoms with Crippen molar-refractivity contribution in [3.8, 4) is 0 Å². The number of fused-ring (bicyclic) bond motifs is 1. The Bertz CT molecular complexity index is 321. The largest absolute Gasteiger partial charge is 0.481 e. The van der Waals surface area contributed by atoms with Gasteiger partial charge in [0.2, 0.25) is 0 Å². The molecular formula is C13H22N2O2. The zero-order valence-electron chi connectivity index (χ0n) is 10.5. The molecule has 0 aromatic rings. The SMILES string of the molecule is CC1CN(C2CCN3CCCC23)CC1C(=O)O. The molecule has 3 rings (SSSR count). The lowest BCUT2D eigenvalue weighted by Gasteiger charge is -2.29. The van der Waals surface area contributed by atoms with Gasteiger partial charge >= 0.3 is 5.97 Å². The highest BCUT2D eigenvalue weighted by atomic mass is 16.4. The van der Waals surface area contributed by atoms with Crippen LogP contribution in [0, 0.1) is 11.8 Å². The van der Waals surface area contributed by atoms with Gasteiger partial charge in [0.15, 0.2) is 0 Å². The molecule has 0 aromatic carbocycles. The van der Waals surface area contributed by atoms with E-state index in [0.29, 0.717) is 12.0 Å². The van der Waals surface area contributed by atoms with Crippen LogP contribution in [-0.4, -0.2) is 59.1 Å². The van der Waals surface area contributed by atoms with Gasteiger partial charge in [-0.05, 0) is 31.7 Å². The number of rotatable bonds is 2. The van der Waals surface area contributed by atoms with Crippen molar-refractivity contribution in [2.24, 2.45) is 11.8 Å². The summed E-state index contributed by atoms with van der Waals surface area (Å²) >= 11 is 0. The van der Waals surface area contributed by atoms with Crippen LogP contribution in [-0.2, 0) is 4.79 Å². The standard InChI is InChI=1S/C13H22N2O2/c1-9-7-15(8-10(9)13(16)17)12-4-6-14-5-2-3-11(12)14/h9-12H,2-8H2,1H3,(H,16,17). The Hall–Kier alpha value is -0.610. The summed E-state index contributed by atoms with van der Waals surface area (Å²) in [4.78, 5) is 16.2. The molecule has 0 radical (unpaired) electrons. The topological polar surface area (TPSA) is 43.8 Å². The fraction of sp³-hybridized carbons (Fsp3) is 0.923. The first-order valence-electron chi connectivity index (χ1n) is 6.87. The van der Waals surface area contributed by atoms with Gasteiger partial charge in [-0.3, -0.25) is 14.6 Å². The van der Waals surface area contributed by atoms with E-state index in [9.17, 15) is 9.90 Å². The first-order valence-corrected chi connectivity index (χ1v) is 6.87. The highest BCUT2D eigenvalue weighted by Gasteiger charge is 2.45. The predicted molar refractivity (Wildman–Crippen MR) is 64.9 cm³/mol. The van der Waals surface area contributed by atoms with E-state index in [4.69, 9.17) is 0 Å². The maximum atomic E-state index is 11.2. The molecule has 4 atom stereocenters. The van der Waals surface area contributed by atoms with E-state index < -0.39 is 5.97 Å². The summed E-state index contributed by atoms with van der Waals surface area (Å²) in [6.07, 6.45) is 3.88. The van der Waals surface area contributed by atoms with Crippen molar-refractivity contribution in [1.29, 1.82) is 0 Å². The Morgan fingerprint density at radius 2 is 1.88 bits per heavy atom. The fourth-order valence-corrected chi connectivity index (χ4v) is 4.08. The lowest BCUT2D eigenvalue weighted by Crippen LogP contribution is -2.41. The lowest BCUT2D eigenvalue weighted by molar-refractivity contribution is -0.142. The molecule has 1 N–H and O–H groups in total. The van der Waals surface area contributed by atoms with Crippen molar-refractivity contribution in [1.82, 2.24) is 9.80 Å². The van der Waals surface area contributed by atoms with Gasteiger partial charge in [-0.2, -0.15) is 0 Å². The normalized spacial score (nSPS) is 43.1. The third-order valence-corrected chi connectivity index (χ3v) is 5.00. The maximum Gasteiger partial charge on any atom is 0.308 e. The van der Waals surface area contributed by atoms with Crippen molar-refractivity contribution < 1.29 is 9.90 Å². The van der Waals surface area contributed by atoms with Crippen molar-refractivity contribution >= 4 is 5.97 Å². The number of carboxylic acid groups (broad SMARTS) is 1. The second-order valence-electron chi connectivity index (χ2n) is 5.98. The molecular weight excluding hydrogens is 216 g/mol. The van der Waals surface area contributed by atoms with Crippen molar-refractivity contribution in [3.63, 3.8) is 0 Å². The van der Waals surface area contributed by atoms with Crippen LogP contribution in [0.5, 0.6) is 0 Å². The molecule has 0 bridgehead atoms. The third kappa shape index (κ3) is 1.87. The van der Waals surface area contributed by atoms with Crippen LogP contribution >= 0.6 is 0 Å². The van der Waals surface area contributed by atoms with Gasteiger partial charge in [-0.15, -0.1) is 0 Å². The Kier molecular flexibility index (Phi) is 2.87. The molecule has 4 heteroatoms. The summed E-state index contributed by atoms with van der Waals surface area (Å²) in [7, 11) is 0. The lowest BCUT2D eigenvalue weighted by atomic mass is 9.99. The smallest absolute Gasteiger partial charge is 0.308 e. The summed E-state index contributed by atoms with van der Waals surface area (Å²) in [6.45, 7) is 6.31. The average molecular weight is 238 g/mol. The van der Waals surface area contributed by atoms with Crippen LogP contribution in [0.2, 0.25) is 0 Å². The number of carbonyl (C=O) groups is 1. The minimum Gasteiger partial charge on any atom is -0.481 e. The number of nitrogens with zero attached hydrogens (tertiary/aromatic N) is 2. The van der Waals surface area contributed by atoms with Crippen LogP contribution in [0.15, 0.2) is 0 Å². The first-order chi connectivity index (χ1) is 8.16. The molecule has 3 fully saturated rings. The van der Waals surface area contributed by atoms with Gasteiger partial charge in [-0.1, -0.05) is 6.92 Å². The number of hydrogen-bond donors (Lipinski definition) is 1. The van der Waals surface area contributed by atoms with Gasteiger partial charge in [0.1, 0.15) is 0 Å². The van der Waals surface area contributed by atoms with Crippen LogP contribution in [0.1, 0.15) is 26.2 Å². The molecule has 3 saturated heterocycles. The van der Waals surface area contributed by atoms with E-state index >= 15 is 0 Å². The number of carboxylic acids is 1. The van der Waals surface area contributed by atoms with Gasteiger partial charge < -0.3 is 5.11 Å². The molecule has 17 heavy (non-hydrogen) atoms. The quantitative estimate of drug-likeness (QED) is 0.775. The van der Waals surface area contributed by atoms with Gasteiger partial charge in [0.05, 0.1) is 5.92 Å². The molecule has 3 aliphatic heterocycles. The Morgan fingerprint density at radius 1 is 1.12 bits per heavy atom. The highest BCUT2D eigenvalue weighted by Crippen LogP contribution is 2.35. The van der Waals surface area contributed by atoms with Crippen LogP contribution in [0.25, 0.3) is 0 Å². The summed E-state index contributed by atoms with van der Waals surface area (Å²) in [5.74, 6) is -0.449.